The summed E-state index contributed by atoms with van der Waals surface area (Å²) in [6, 6.07) is 12.8. The number of hydrogen-bond donors (Lipinski definition) is 0. The first-order chi connectivity index (χ1) is 8.43. The molecule has 1 nitrogen and oxygen atoms in total. The average molecular weight is 226 g/mol. The number of furan rings is 1. The summed E-state index contributed by atoms with van der Waals surface area (Å²) in [7, 11) is 0. The minimum Gasteiger partial charge on any atom is -0.464 e. The molecule has 0 amide bonds. The zero-order valence-electron chi connectivity index (χ0n) is 10.1. The predicted octanol–water partition coefficient (Wildman–Crippen LogP) is 4.99. The van der Waals surface area contributed by atoms with Crippen molar-refractivity contribution >= 4 is 0 Å². The van der Waals surface area contributed by atoms with Gasteiger partial charge < -0.3 is 4.42 Å². The van der Waals surface area contributed by atoms with Crippen molar-refractivity contribution in [3.8, 4) is 11.3 Å². The minimum absolute atomic E-state index is 0.763. The highest BCUT2D eigenvalue weighted by atomic mass is 16.3. The molecular formula is C16H18O. The van der Waals surface area contributed by atoms with Gasteiger partial charge in [-0.3, -0.25) is 0 Å². The lowest BCUT2D eigenvalue weighted by Gasteiger charge is -2.22. The van der Waals surface area contributed by atoms with Crippen LogP contribution in [0.5, 0.6) is 0 Å². The Kier molecular flexibility index (Phi) is 3.00. The van der Waals surface area contributed by atoms with Crippen LogP contribution < -0.4 is 0 Å². The van der Waals surface area contributed by atoms with Crippen LogP contribution in [0.3, 0.4) is 0 Å². The fourth-order valence-electron chi connectivity index (χ4n) is 2.82. The average Bonchev–Trinajstić information content (AvgIpc) is 2.94. The minimum atomic E-state index is 0.763. The molecule has 1 aromatic heterocycles. The van der Waals surface area contributed by atoms with Crippen LogP contribution in [-0.4, -0.2) is 0 Å². The molecule has 88 valence electrons. The molecule has 0 atom stereocenters. The lowest BCUT2D eigenvalue weighted by molar-refractivity contribution is 0.443. The molecule has 1 aliphatic rings. The van der Waals surface area contributed by atoms with Gasteiger partial charge >= 0.3 is 0 Å². The van der Waals surface area contributed by atoms with Gasteiger partial charge in [-0.15, -0.1) is 0 Å². The van der Waals surface area contributed by atoms with E-state index in [0.29, 0.717) is 0 Å². The molecule has 0 radical (unpaired) electrons. The van der Waals surface area contributed by atoms with Crippen molar-refractivity contribution in [2.75, 3.05) is 0 Å². The van der Waals surface area contributed by atoms with Gasteiger partial charge in [-0.2, -0.15) is 0 Å². The van der Waals surface area contributed by atoms with Crippen molar-refractivity contribution in [3.05, 3.63) is 48.2 Å². The van der Waals surface area contributed by atoms with Gasteiger partial charge in [-0.05, 0) is 42.5 Å². The second kappa shape index (κ2) is 4.79. The third-order valence-corrected chi connectivity index (χ3v) is 3.77. The predicted molar refractivity (Wildman–Crippen MR) is 70.0 cm³/mol. The summed E-state index contributed by atoms with van der Waals surface area (Å²) in [4.78, 5) is 0. The molecule has 1 heteroatoms. The molecule has 3 rings (SSSR count). The van der Waals surface area contributed by atoms with Crippen molar-refractivity contribution < 1.29 is 4.42 Å². The van der Waals surface area contributed by atoms with Crippen molar-refractivity contribution in [3.63, 3.8) is 0 Å². The molecule has 17 heavy (non-hydrogen) atoms. The van der Waals surface area contributed by atoms with Crippen LogP contribution in [0.2, 0.25) is 0 Å². The molecule has 2 aromatic rings. The van der Waals surface area contributed by atoms with E-state index in [9.17, 15) is 0 Å². The molecule has 1 aromatic carbocycles. The van der Waals surface area contributed by atoms with Crippen LogP contribution in [0.4, 0.5) is 0 Å². The van der Waals surface area contributed by atoms with Crippen molar-refractivity contribution in [1.29, 1.82) is 0 Å². The Morgan fingerprint density at radius 1 is 0.941 bits per heavy atom. The zero-order valence-corrected chi connectivity index (χ0v) is 10.1. The normalized spacial score (nSPS) is 17.2. The van der Waals surface area contributed by atoms with Gasteiger partial charge in [-0.1, -0.05) is 37.5 Å². The highest BCUT2D eigenvalue weighted by Crippen LogP contribution is 2.34. The molecule has 0 unspecified atom stereocenters. The van der Waals surface area contributed by atoms with E-state index in [1.807, 2.05) is 12.1 Å². The molecule has 0 spiro atoms. The maximum absolute atomic E-state index is 5.46. The van der Waals surface area contributed by atoms with Crippen LogP contribution in [0.1, 0.15) is 43.6 Å². The highest BCUT2D eigenvalue weighted by Gasteiger charge is 2.15. The van der Waals surface area contributed by atoms with Gasteiger partial charge in [0.25, 0.3) is 0 Å². The maximum Gasteiger partial charge on any atom is 0.133 e. The number of benzene rings is 1. The van der Waals surface area contributed by atoms with Gasteiger partial charge in [0.15, 0.2) is 0 Å². The van der Waals surface area contributed by atoms with Gasteiger partial charge in [-0.25, -0.2) is 0 Å². The highest BCUT2D eigenvalue weighted by molar-refractivity contribution is 5.58. The first-order valence-electron chi connectivity index (χ1n) is 6.57. The first-order valence-corrected chi connectivity index (χ1v) is 6.57. The first kappa shape index (κ1) is 10.6. The van der Waals surface area contributed by atoms with E-state index in [1.54, 1.807) is 6.26 Å². The summed E-state index contributed by atoms with van der Waals surface area (Å²) in [5, 5.41) is 0. The quantitative estimate of drug-likeness (QED) is 0.702. The summed E-state index contributed by atoms with van der Waals surface area (Å²) in [5.74, 6) is 1.74. The van der Waals surface area contributed by atoms with Crippen LogP contribution in [-0.2, 0) is 0 Å². The maximum atomic E-state index is 5.46. The van der Waals surface area contributed by atoms with E-state index in [-0.39, 0.29) is 0 Å². The fraction of sp³-hybridized carbons (Fsp3) is 0.375. The number of rotatable bonds is 2. The van der Waals surface area contributed by atoms with Crippen LogP contribution in [0.25, 0.3) is 11.3 Å². The molecule has 0 bridgehead atoms. The summed E-state index contributed by atoms with van der Waals surface area (Å²) in [5.41, 5.74) is 2.69. The second-order valence-corrected chi connectivity index (χ2v) is 4.94. The summed E-state index contributed by atoms with van der Waals surface area (Å²) in [6.45, 7) is 0. The SMILES string of the molecule is c1cc(-c2ccco2)cc(C2CCCCC2)c1. The Balaban J connectivity index is 1.88. The van der Waals surface area contributed by atoms with E-state index in [0.717, 1.165) is 11.7 Å². The number of hydrogen-bond acceptors (Lipinski definition) is 1. The fourth-order valence-corrected chi connectivity index (χ4v) is 2.82. The van der Waals surface area contributed by atoms with Crippen molar-refractivity contribution in [1.82, 2.24) is 0 Å². The van der Waals surface area contributed by atoms with Gasteiger partial charge in [0, 0.05) is 5.56 Å². The van der Waals surface area contributed by atoms with Gasteiger partial charge in [0.2, 0.25) is 0 Å². The topological polar surface area (TPSA) is 13.1 Å². The van der Waals surface area contributed by atoms with Crippen molar-refractivity contribution in [2.24, 2.45) is 0 Å². The molecule has 1 fully saturated rings. The third-order valence-electron chi connectivity index (χ3n) is 3.77. The Morgan fingerprint density at radius 3 is 2.59 bits per heavy atom. The lowest BCUT2D eigenvalue weighted by Crippen LogP contribution is -2.04. The third kappa shape index (κ3) is 2.28. The molecular weight excluding hydrogens is 208 g/mol. The lowest BCUT2D eigenvalue weighted by atomic mass is 9.83. The van der Waals surface area contributed by atoms with E-state index in [2.05, 4.69) is 24.3 Å². The van der Waals surface area contributed by atoms with E-state index < -0.39 is 0 Å². The Labute approximate surface area is 102 Å². The van der Waals surface area contributed by atoms with Crippen LogP contribution >= 0.6 is 0 Å². The van der Waals surface area contributed by atoms with E-state index >= 15 is 0 Å². The second-order valence-electron chi connectivity index (χ2n) is 4.94. The molecule has 1 heterocycles. The molecule has 0 N–H and O–H groups in total. The van der Waals surface area contributed by atoms with E-state index in [4.69, 9.17) is 4.42 Å². The summed E-state index contributed by atoms with van der Waals surface area (Å²) in [6.07, 6.45) is 8.62. The Morgan fingerprint density at radius 2 is 1.82 bits per heavy atom. The Hall–Kier alpha value is -1.50. The molecule has 1 saturated carbocycles. The molecule has 0 aliphatic heterocycles. The van der Waals surface area contributed by atoms with Crippen LogP contribution in [0.15, 0.2) is 47.1 Å². The molecule has 0 saturated heterocycles. The monoisotopic (exact) mass is 226 g/mol. The smallest absolute Gasteiger partial charge is 0.133 e. The van der Waals surface area contributed by atoms with Crippen LogP contribution in [0, 0.1) is 0 Å². The Bertz CT molecular complexity index is 464. The standard InChI is InChI=1S/C16H18O/c1-2-6-13(7-3-1)14-8-4-9-15(12-14)16-10-5-11-17-16/h4-5,8-13H,1-3,6-7H2. The summed E-state index contributed by atoms with van der Waals surface area (Å²) >= 11 is 0. The largest absolute Gasteiger partial charge is 0.464 e. The van der Waals surface area contributed by atoms with Gasteiger partial charge in [0.1, 0.15) is 5.76 Å². The van der Waals surface area contributed by atoms with Crippen molar-refractivity contribution in [2.45, 2.75) is 38.0 Å². The zero-order chi connectivity index (χ0) is 11.5. The molecule has 1 aliphatic carbocycles. The van der Waals surface area contributed by atoms with E-state index in [1.165, 1.54) is 43.2 Å². The summed E-state index contributed by atoms with van der Waals surface area (Å²) < 4.78 is 5.46. The van der Waals surface area contributed by atoms with Gasteiger partial charge in [0.05, 0.1) is 6.26 Å².